The quantitative estimate of drug-likeness (QED) is 0.823. The molecule has 2 N–H and O–H groups in total. The summed E-state index contributed by atoms with van der Waals surface area (Å²) in [6.45, 7) is 1.45. The molecular formula is C13H17ClF3NO. The highest BCUT2D eigenvalue weighted by molar-refractivity contribution is 6.30. The zero-order valence-corrected chi connectivity index (χ0v) is 11.4. The molecule has 0 amide bonds. The van der Waals surface area contributed by atoms with Crippen LogP contribution >= 0.6 is 11.6 Å². The number of nitrogens with one attached hydrogen (secondary N) is 1. The Morgan fingerprint density at radius 1 is 1.16 bits per heavy atom. The molecule has 1 atom stereocenters. The van der Waals surface area contributed by atoms with Crippen LogP contribution in [0, 0.1) is 0 Å². The number of aliphatic hydroxyl groups is 1. The second kappa shape index (κ2) is 6.48. The van der Waals surface area contributed by atoms with E-state index in [0.717, 1.165) is 0 Å². The third-order valence-electron chi connectivity index (χ3n) is 2.83. The summed E-state index contributed by atoms with van der Waals surface area (Å²) in [5.41, 5.74) is -0.0630. The first-order chi connectivity index (χ1) is 8.74. The molecule has 0 aromatic heterocycles. The maximum Gasteiger partial charge on any atom is 0.389 e. The number of hydrogen-bond acceptors (Lipinski definition) is 2. The Morgan fingerprint density at radius 3 is 2.21 bits per heavy atom. The molecule has 0 heterocycles. The number of benzene rings is 1. The van der Waals surface area contributed by atoms with E-state index in [4.69, 9.17) is 11.6 Å². The maximum atomic E-state index is 12.1. The lowest BCUT2D eigenvalue weighted by molar-refractivity contribution is -0.136. The zero-order chi connectivity index (χ0) is 14.5. The molecule has 6 heteroatoms. The number of hydrogen-bond donors (Lipinski definition) is 2. The summed E-state index contributed by atoms with van der Waals surface area (Å²) in [4.78, 5) is 0. The molecule has 1 aromatic carbocycles. The van der Waals surface area contributed by atoms with Gasteiger partial charge in [-0.3, -0.25) is 0 Å². The van der Waals surface area contributed by atoms with Gasteiger partial charge in [0.05, 0.1) is 12.1 Å². The van der Waals surface area contributed by atoms with Gasteiger partial charge in [0.2, 0.25) is 0 Å². The van der Waals surface area contributed by atoms with E-state index in [0.29, 0.717) is 10.7 Å². The third-order valence-corrected chi connectivity index (χ3v) is 3.08. The molecule has 1 rings (SSSR count). The van der Waals surface area contributed by atoms with Crippen molar-refractivity contribution in [1.29, 1.82) is 0 Å². The number of rotatable bonds is 6. The predicted molar refractivity (Wildman–Crippen MR) is 70.5 cm³/mol. The van der Waals surface area contributed by atoms with E-state index in [2.05, 4.69) is 5.32 Å². The predicted octanol–water partition coefficient (Wildman–Crippen LogP) is 4.24. The van der Waals surface area contributed by atoms with Crippen molar-refractivity contribution < 1.29 is 18.3 Å². The molecule has 1 aromatic rings. The third kappa shape index (κ3) is 6.16. The highest BCUT2D eigenvalue weighted by atomic mass is 35.5. The molecule has 0 aliphatic heterocycles. The minimum atomic E-state index is -4.16. The summed E-state index contributed by atoms with van der Waals surface area (Å²) < 4.78 is 36.3. The Morgan fingerprint density at radius 2 is 1.74 bits per heavy atom. The normalized spacial score (nSPS) is 15.1. The van der Waals surface area contributed by atoms with Gasteiger partial charge in [-0.2, -0.15) is 13.2 Å². The summed E-state index contributed by atoms with van der Waals surface area (Å²) in [5.74, 6) is 0. The van der Waals surface area contributed by atoms with Crippen molar-refractivity contribution >= 4 is 17.3 Å². The van der Waals surface area contributed by atoms with Gasteiger partial charge >= 0.3 is 6.18 Å². The fraction of sp³-hybridized carbons (Fsp3) is 0.538. The van der Waals surface area contributed by atoms with E-state index in [9.17, 15) is 18.3 Å². The zero-order valence-electron chi connectivity index (χ0n) is 10.6. The smallest absolute Gasteiger partial charge is 0.389 e. The van der Waals surface area contributed by atoms with Gasteiger partial charge < -0.3 is 10.4 Å². The van der Waals surface area contributed by atoms with Crippen molar-refractivity contribution in [3.8, 4) is 0 Å². The molecule has 0 saturated carbocycles. The van der Waals surface area contributed by atoms with E-state index < -0.39 is 18.1 Å². The van der Waals surface area contributed by atoms with Crippen LogP contribution in [0.4, 0.5) is 18.9 Å². The molecular weight excluding hydrogens is 279 g/mol. The first kappa shape index (κ1) is 16.1. The Bertz CT molecular complexity index is 394. The first-order valence-corrected chi connectivity index (χ1v) is 6.33. The van der Waals surface area contributed by atoms with Crippen LogP contribution in [0.2, 0.25) is 5.02 Å². The van der Waals surface area contributed by atoms with Crippen molar-refractivity contribution in [2.24, 2.45) is 0 Å². The highest BCUT2D eigenvalue weighted by Gasteiger charge is 2.29. The molecule has 108 valence electrons. The number of halogens is 4. The molecule has 0 aliphatic rings. The van der Waals surface area contributed by atoms with E-state index in [1.807, 2.05) is 0 Å². The largest absolute Gasteiger partial charge is 0.394 e. The van der Waals surface area contributed by atoms with Gasteiger partial charge in [-0.15, -0.1) is 0 Å². The summed E-state index contributed by atoms with van der Waals surface area (Å²) in [6.07, 6.45) is -4.80. The molecule has 0 bridgehead atoms. The standard InChI is InChI=1S/C13H17ClF3NO/c1-12(9-19,7-2-8-13(15,16)17)18-11-5-3-10(14)4-6-11/h3-6,18-19H,2,7-9H2,1H3. The molecule has 0 aliphatic carbocycles. The fourth-order valence-corrected chi connectivity index (χ4v) is 1.87. The van der Waals surface area contributed by atoms with Gasteiger partial charge in [-0.1, -0.05) is 11.6 Å². The minimum absolute atomic E-state index is 0.0266. The first-order valence-electron chi connectivity index (χ1n) is 5.95. The van der Waals surface area contributed by atoms with Gasteiger partial charge in [0, 0.05) is 17.1 Å². The van der Waals surface area contributed by atoms with Gasteiger partial charge in [0.1, 0.15) is 0 Å². The Kier molecular flexibility index (Phi) is 5.50. The van der Waals surface area contributed by atoms with Crippen LogP contribution in [0.15, 0.2) is 24.3 Å². The van der Waals surface area contributed by atoms with Gasteiger partial charge in [-0.25, -0.2) is 0 Å². The summed E-state index contributed by atoms with van der Waals surface area (Å²) in [7, 11) is 0. The van der Waals surface area contributed by atoms with E-state index in [1.54, 1.807) is 31.2 Å². The van der Waals surface area contributed by atoms with Gasteiger partial charge in [0.25, 0.3) is 0 Å². The molecule has 1 unspecified atom stereocenters. The van der Waals surface area contributed by atoms with Crippen LogP contribution in [0.1, 0.15) is 26.2 Å². The summed E-state index contributed by atoms with van der Waals surface area (Å²) in [5, 5.41) is 13.0. The van der Waals surface area contributed by atoms with Crippen molar-refractivity contribution in [2.45, 2.75) is 37.9 Å². The van der Waals surface area contributed by atoms with E-state index in [1.165, 1.54) is 0 Å². The van der Waals surface area contributed by atoms with Crippen LogP contribution in [0.5, 0.6) is 0 Å². The second-order valence-corrected chi connectivity index (χ2v) is 5.26. The van der Waals surface area contributed by atoms with Crippen molar-refractivity contribution in [2.75, 3.05) is 11.9 Å². The minimum Gasteiger partial charge on any atom is -0.394 e. The van der Waals surface area contributed by atoms with Crippen LogP contribution in [-0.2, 0) is 0 Å². The number of aliphatic hydroxyl groups excluding tert-OH is 1. The van der Waals surface area contributed by atoms with E-state index >= 15 is 0 Å². The number of alkyl halides is 3. The maximum absolute atomic E-state index is 12.1. The fourth-order valence-electron chi connectivity index (χ4n) is 1.74. The Labute approximate surface area is 115 Å². The highest BCUT2D eigenvalue weighted by Crippen LogP contribution is 2.27. The number of anilines is 1. The van der Waals surface area contributed by atoms with Crippen LogP contribution in [-0.4, -0.2) is 23.4 Å². The van der Waals surface area contributed by atoms with E-state index in [-0.39, 0.29) is 19.4 Å². The lowest BCUT2D eigenvalue weighted by atomic mass is 9.95. The summed E-state index contributed by atoms with van der Waals surface area (Å²) >= 11 is 5.75. The Balaban J connectivity index is 2.57. The second-order valence-electron chi connectivity index (χ2n) is 4.82. The molecule has 0 radical (unpaired) electrons. The molecule has 19 heavy (non-hydrogen) atoms. The molecule has 0 spiro atoms. The molecule has 2 nitrogen and oxygen atoms in total. The van der Waals surface area contributed by atoms with Gasteiger partial charge in [-0.05, 0) is 44.0 Å². The topological polar surface area (TPSA) is 32.3 Å². The lowest BCUT2D eigenvalue weighted by Crippen LogP contribution is -2.39. The van der Waals surface area contributed by atoms with Crippen molar-refractivity contribution in [1.82, 2.24) is 0 Å². The Hall–Kier alpha value is -0.940. The van der Waals surface area contributed by atoms with Gasteiger partial charge in [0.15, 0.2) is 0 Å². The van der Waals surface area contributed by atoms with Crippen LogP contribution < -0.4 is 5.32 Å². The van der Waals surface area contributed by atoms with Crippen LogP contribution in [0.25, 0.3) is 0 Å². The molecule has 0 saturated heterocycles. The molecule has 0 fully saturated rings. The average molecular weight is 296 g/mol. The van der Waals surface area contributed by atoms with Crippen molar-refractivity contribution in [3.63, 3.8) is 0 Å². The lowest BCUT2D eigenvalue weighted by Gasteiger charge is -2.30. The monoisotopic (exact) mass is 295 g/mol. The van der Waals surface area contributed by atoms with Crippen LogP contribution in [0.3, 0.4) is 0 Å². The average Bonchev–Trinajstić information content (AvgIpc) is 2.30. The van der Waals surface area contributed by atoms with Crippen molar-refractivity contribution in [3.05, 3.63) is 29.3 Å². The summed E-state index contributed by atoms with van der Waals surface area (Å²) in [6, 6.07) is 6.80. The SMILES string of the molecule is CC(CO)(CCCC(F)(F)F)Nc1ccc(Cl)cc1.